The van der Waals surface area contributed by atoms with E-state index in [1.807, 2.05) is 83.1 Å². The molecule has 0 amide bonds. The van der Waals surface area contributed by atoms with Crippen molar-refractivity contribution in [2.75, 3.05) is 99.1 Å². The van der Waals surface area contributed by atoms with E-state index in [2.05, 4.69) is 11.1 Å². The summed E-state index contributed by atoms with van der Waals surface area (Å²) in [7, 11) is -4.77. The third kappa shape index (κ3) is 51.7. The van der Waals surface area contributed by atoms with E-state index < -0.39 is 16.5 Å². The van der Waals surface area contributed by atoms with Gasteiger partial charge in [-0.1, -0.05) is 64.7 Å². The van der Waals surface area contributed by atoms with Gasteiger partial charge in [-0.2, -0.15) is 0 Å². The van der Waals surface area contributed by atoms with Crippen LogP contribution < -0.4 is 29.6 Å². The van der Waals surface area contributed by atoms with Crippen LogP contribution in [0.15, 0.2) is 0 Å². The normalized spacial score (nSPS) is 18.1. The number of hydrogen-bond donors (Lipinski definition) is 0. The molecule has 0 radical (unpaired) electrons. The quantitative estimate of drug-likeness (QED) is 0.0295. The predicted molar refractivity (Wildman–Crippen MR) is 283 cm³/mol. The third-order valence-corrected chi connectivity index (χ3v) is 11.8. The molecule has 0 aromatic heterocycles. The van der Waals surface area contributed by atoms with Crippen molar-refractivity contribution < 1.29 is 113 Å². The predicted octanol–water partition coefficient (Wildman–Crippen LogP) is 6.06. The van der Waals surface area contributed by atoms with E-state index in [1.54, 1.807) is 6.92 Å². The molecule has 0 aliphatic heterocycles. The molecular weight excluding hydrogens is 992 g/mol. The van der Waals surface area contributed by atoms with Crippen LogP contribution in [-0.4, -0.2) is 198 Å². The second-order valence-electron chi connectivity index (χ2n) is 20.4. The fourth-order valence-electron chi connectivity index (χ4n) is 6.69. The third-order valence-electron chi connectivity index (χ3n) is 11.3. The van der Waals surface area contributed by atoms with Crippen molar-refractivity contribution in [3.8, 4) is 0 Å². The van der Waals surface area contributed by atoms with E-state index in [0.717, 1.165) is 13.0 Å². The summed E-state index contributed by atoms with van der Waals surface area (Å²) in [6.07, 6.45) is 10.7. The average Bonchev–Trinajstić information content (AvgIpc) is 3.34. The van der Waals surface area contributed by atoms with Crippen molar-refractivity contribution in [3.63, 3.8) is 0 Å². The number of unbranched alkanes of at least 4 members (excludes halogenated alkanes) is 9. The Morgan fingerprint density at radius 3 is 0.662 bits per heavy atom. The van der Waals surface area contributed by atoms with Gasteiger partial charge in [0.05, 0.1) is 178 Å². The molecular formula is C54H109NaO18S. The number of rotatable bonds is 54. The summed E-state index contributed by atoms with van der Waals surface area (Å²) in [6, 6.07) is 0. The van der Waals surface area contributed by atoms with Crippen LogP contribution in [0.2, 0.25) is 0 Å². The Hall–Kier alpha value is 0.310. The van der Waals surface area contributed by atoms with Crippen molar-refractivity contribution in [1.82, 2.24) is 0 Å². The molecule has 0 aromatic rings. The standard InChI is InChI=1S/C54H110O18S.Na/c1-16-17-18-19-20-21-22-23-24-25-26-58-27-41(2)59-28-42(3)60-29-43(4)61-30-44(5)62-31-45(6)63-32-46(7)64-33-47(8)65-34-48(9)66-35-49(10)67-36-50(11)68-37-51(12)69-38-52(13)70-39-53(14)71-40-54(15)72-73(55,56)57;/h41-54H,16-40H2,1-15H3,(H,55,56,57);/q;+1/p-1. The van der Waals surface area contributed by atoms with Crippen LogP contribution in [0.4, 0.5) is 0 Å². The molecule has 20 heteroatoms. The molecule has 0 saturated heterocycles. The van der Waals surface area contributed by atoms with Crippen LogP contribution >= 0.6 is 0 Å². The second-order valence-corrected chi connectivity index (χ2v) is 21.5. The summed E-state index contributed by atoms with van der Waals surface area (Å²) in [5, 5.41) is 0. The van der Waals surface area contributed by atoms with Gasteiger partial charge in [-0.25, -0.2) is 8.42 Å². The van der Waals surface area contributed by atoms with Gasteiger partial charge in [0.15, 0.2) is 0 Å². The average molecular weight is 1100 g/mol. The zero-order valence-corrected chi connectivity index (χ0v) is 52.3. The summed E-state index contributed by atoms with van der Waals surface area (Å²) in [6.45, 7) is 35.6. The van der Waals surface area contributed by atoms with Gasteiger partial charge >= 0.3 is 29.6 Å². The minimum atomic E-state index is -4.77. The zero-order chi connectivity index (χ0) is 54.9. The van der Waals surface area contributed by atoms with Crippen LogP contribution in [0.3, 0.4) is 0 Å². The molecule has 0 spiro atoms. The molecule has 18 nitrogen and oxygen atoms in total. The summed E-state index contributed by atoms with van der Waals surface area (Å²) in [5.41, 5.74) is 0. The van der Waals surface area contributed by atoms with Gasteiger partial charge in [0.1, 0.15) is 0 Å². The first kappa shape index (κ1) is 76.4. The van der Waals surface area contributed by atoms with Crippen LogP contribution in [0.25, 0.3) is 0 Å². The maximum Gasteiger partial charge on any atom is 1.00 e. The van der Waals surface area contributed by atoms with Gasteiger partial charge < -0.3 is 70.9 Å². The molecule has 0 heterocycles. The SMILES string of the molecule is CCCCCCCCCCCCOCC(C)OCC(C)OCC(C)OCC(C)OCC(C)OCC(C)OCC(C)OCC(C)OCC(C)OCC(C)OCC(C)OCC(C)OCC(C)OCC(C)OS(=O)(=O)[O-].[Na+]. The van der Waals surface area contributed by atoms with Crippen LogP contribution in [0.1, 0.15) is 168 Å². The topological polar surface area (TPSA) is 196 Å². The van der Waals surface area contributed by atoms with Crippen LogP contribution in [0, 0.1) is 0 Å². The smallest absolute Gasteiger partial charge is 0.726 e. The Kier molecular flexibility index (Phi) is 50.7. The maximum atomic E-state index is 10.7. The Balaban J connectivity index is 0. The van der Waals surface area contributed by atoms with Crippen molar-refractivity contribution in [1.29, 1.82) is 0 Å². The van der Waals surface area contributed by atoms with Crippen molar-refractivity contribution in [2.24, 2.45) is 0 Å². The minimum Gasteiger partial charge on any atom is -0.726 e. The Bertz CT molecular complexity index is 1330. The van der Waals surface area contributed by atoms with E-state index in [1.165, 1.54) is 64.7 Å². The van der Waals surface area contributed by atoms with Gasteiger partial charge in [-0.3, -0.25) is 4.18 Å². The fraction of sp³-hybridized carbons (Fsp3) is 1.00. The first-order valence-electron chi connectivity index (χ1n) is 27.8. The van der Waals surface area contributed by atoms with E-state index in [0.29, 0.717) is 79.3 Å². The van der Waals surface area contributed by atoms with Crippen molar-refractivity contribution in [2.45, 2.75) is 254 Å². The molecule has 0 saturated carbocycles. The molecule has 440 valence electrons. The second kappa shape index (κ2) is 49.2. The van der Waals surface area contributed by atoms with Crippen LogP contribution in [-0.2, 0) is 80.9 Å². The first-order chi connectivity index (χ1) is 34.6. The molecule has 14 unspecified atom stereocenters. The van der Waals surface area contributed by atoms with Gasteiger partial charge in [0, 0.05) is 6.61 Å². The number of ether oxygens (including phenoxy) is 14. The van der Waals surface area contributed by atoms with Gasteiger partial charge in [0.2, 0.25) is 10.4 Å². The molecule has 74 heavy (non-hydrogen) atoms. The molecule has 0 rings (SSSR count). The van der Waals surface area contributed by atoms with Gasteiger partial charge in [0.25, 0.3) is 0 Å². The summed E-state index contributed by atoms with van der Waals surface area (Å²) in [5.74, 6) is 0. The van der Waals surface area contributed by atoms with E-state index in [9.17, 15) is 13.0 Å². The van der Waals surface area contributed by atoms with E-state index in [4.69, 9.17) is 66.3 Å². The largest absolute Gasteiger partial charge is 1.00 e. The Labute approximate surface area is 473 Å². The summed E-state index contributed by atoms with van der Waals surface area (Å²) in [4.78, 5) is 0. The Morgan fingerprint density at radius 2 is 0.459 bits per heavy atom. The van der Waals surface area contributed by atoms with Crippen molar-refractivity contribution in [3.05, 3.63) is 0 Å². The van der Waals surface area contributed by atoms with Gasteiger partial charge in [-0.05, 0) is 103 Å². The van der Waals surface area contributed by atoms with Gasteiger partial charge in [-0.15, -0.1) is 0 Å². The molecule has 0 bridgehead atoms. The fourth-order valence-corrected chi connectivity index (χ4v) is 7.15. The first-order valence-corrected chi connectivity index (χ1v) is 29.1. The molecule has 0 aromatic carbocycles. The summed E-state index contributed by atoms with van der Waals surface area (Å²) < 4.78 is 119. The zero-order valence-electron chi connectivity index (χ0n) is 49.5. The minimum absolute atomic E-state index is 0. The maximum absolute atomic E-state index is 10.7. The van der Waals surface area contributed by atoms with E-state index >= 15 is 0 Å². The molecule has 0 N–H and O–H groups in total. The number of hydrogen-bond acceptors (Lipinski definition) is 18. The summed E-state index contributed by atoms with van der Waals surface area (Å²) >= 11 is 0. The Morgan fingerprint density at radius 1 is 0.284 bits per heavy atom. The monoisotopic (exact) mass is 1100 g/mol. The van der Waals surface area contributed by atoms with E-state index in [-0.39, 0.29) is 122 Å². The molecule has 14 atom stereocenters. The molecule has 0 fully saturated rings. The van der Waals surface area contributed by atoms with Crippen molar-refractivity contribution >= 4 is 10.4 Å². The van der Waals surface area contributed by atoms with Crippen LogP contribution in [0.5, 0.6) is 0 Å². The molecule has 0 aliphatic carbocycles. The molecule has 0 aliphatic rings.